The van der Waals surface area contributed by atoms with Crippen molar-refractivity contribution in [1.82, 2.24) is 14.9 Å². The fourth-order valence-corrected chi connectivity index (χ4v) is 3.00. The highest BCUT2D eigenvalue weighted by Crippen LogP contribution is 2.19. The molecule has 0 N–H and O–H groups in total. The number of amides is 1. The molecule has 1 amide bonds. The molecule has 28 heavy (non-hydrogen) atoms. The van der Waals surface area contributed by atoms with Crippen LogP contribution in [0, 0.1) is 0 Å². The number of hydrogen-bond donors (Lipinski definition) is 0. The van der Waals surface area contributed by atoms with Gasteiger partial charge in [0.25, 0.3) is 0 Å². The highest BCUT2D eigenvalue weighted by Gasteiger charge is 2.26. The van der Waals surface area contributed by atoms with E-state index in [2.05, 4.69) is 14.9 Å². The molecule has 1 aromatic carbocycles. The molecule has 0 radical (unpaired) electrons. The van der Waals surface area contributed by atoms with Crippen LogP contribution >= 0.6 is 11.6 Å². The van der Waals surface area contributed by atoms with Crippen molar-refractivity contribution in [3.8, 4) is 5.88 Å². The normalized spacial score (nSPS) is 14.7. The van der Waals surface area contributed by atoms with Gasteiger partial charge in [0, 0.05) is 31.2 Å². The van der Waals surface area contributed by atoms with Gasteiger partial charge in [0.1, 0.15) is 12.2 Å². The predicted octanol–water partition coefficient (Wildman–Crippen LogP) is 3.77. The standard InChI is InChI=1S/C20H25ClN4O3/c1-20(2,3)28-19(26)25-9-7-24(8-10-25)17-12-22-13-18(23-17)27-14-15-5-4-6-16(21)11-15/h4-6,11-13H,7-10,14H2,1-3H3. The zero-order chi connectivity index (χ0) is 20.1. The number of carbonyl (C=O) groups is 1. The van der Waals surface area contributed by atoms with E-state index in [4.69, 9.17) is 21.1 Å². The van der Waals surface area contributed by atoms with Gasteiger partial charge in [0.2, 0.25) is 5.88 Å². The van der Waals surface area contributed by atoms with Gasteiger partial charge in [0.15, 0.2) is 5.82 Å². The largest absolute Gasteiger partial charge is 0.472 e. The van der Waals surface area contributed by atoms with Crippen molar-refractivity contribution in [1.29, 1.82) is 0 Å². The average Bonchev–Trinajstić information content (AvgIpc) is 2.65. The van der Waals surface area contributed by atoms with Crippen LogP contribution in [0.1, 0.15) is 26.3 Å². The number of aromatic nitrogens is 2. The Labute approximate surface area is 170 Å². The van der Waals surface area contributed by atoms with E-state index in [1.807, 2.05) is 45.0 Å². The lowest BCUT2D eigenvalue weighted by atomic mass is 10.2. The monoisotopic (exact) mass is 404 g/mol. The topological polar surface area (TPSA) is 67.8 Å². The van der Waals surface area contributed by atoms with Crippen LogP contribution in [0.2, 0.25) is 5.02 Å². The van der Waals surface area contributed by atoms with Crippen LogP contribution in [0.15, 0.2) is 36.7 Å². The van der Waals surface area contributed by atoms with Crippen molar-refractivity contribution >= 4 is 23.5 Å². The summed E-state index contributed by atoms with van der Waals surface area (Å²) in [7, 11) is 0. The number of ether oxygens (including phenoxy) is 2. The maximum absolute atomic E-state index is 12.2. The quantitative estimate of drug-likeness (QED) is 0.772. The zero-order valence-electron chi connectivity index (χ0n) is 16.4. The Morgan fingerprint density at radius 3 is 2.61 bits per heavy atom. The van der Waals surface area contributed by atoms with Gasteiger partial charge in [0.05, 0.1) is 12.4 Å². The number of carbonyl (C=O) groups excluding carboxylic acids is 1. The van der Waals surface area contributed by atoms with Crippen LogP contribution < -0.4 is 9.64 Å². The number of nitrogens with zero attached hydrogens (tertiary/aromatic N) is 4. The molecule has 0 saturated carbocycles. The second-order valence-electron chi connectivity index (χ2n) is 7.59. The lowest BCUT2D eigenvalue weighted by Crippen LogP contribution is -2.50. The number of halogens is 1. The maximum atomic E-state index is 12.2. The molecule has 0 aliphatic carbocycles. The molecule has 1 fully saturated rings. The van der Waals surface area contributed by atoms with Crippen molar-refractivity contribution < 1.29 is 14.3 Å². The maximum Gasteiger partial charge on any atom is 0.410 e. The Hall–Kier alpha value is -2.54. The second kappa shape index (κ2) is 8.65. The summed E-state index contributed by atoms with van der Waals surface area (Å²) in [4.78, 5) is 24.8. The van der Waals surface area contributed by atoms with Crippen LogP contribution in [0.25, 0.3) is 0 Å². The molecule has 1 aromatic heterocycles. The fourth-order valence-electron chi connectivity index (χ4n) is 2.79. The fraction of sp³-hybridized carbons (Fsp3) is 0.450. The number of piperazine rings is 1. The highest BCUT2D eigenvalue weighted by atomic mass is 35.5. The Kier molecular flexibility index (Phi) is 6.24. The number of hydrogen-bond acceptors (Lipinski definition) is 6. The summed E-state index contributed by atoms with van der Waals surface area (Å²) in [6.45, 7) is 8.43. The van der Waals surface area contributed by atoms with E-state index < -0.39 is 5.60 Å². The van der Waals surface area contributed by atoms with Crippen molar-refractivity contribution in [3.05, 3.63) is 47.2 Å². The van der Waals surface area contributed by atoms with E-state index in [0.29, 0.717) is 43.7 Å². The summed E-state index contributed by atoms with van der Waals surface area (Å²) in [5.74, 6) is 1.18. The number of benzene rings is 1. The van der Waals surface area contributed by atoms with Crippen molar-refractivity contribution in [2.75, 3.05) is 31.1 Å². The van der Waals surface area contributed by atoms with Gasteiger partial charge < -0.3 is 19.3 Å². The number of anilines is 1. The minimum absolute atomic E-state index is 0.281. The summed E-state index contributed by atoms with van der Waals surface area (Å²) in [5.41, 5.74) is 0.472. The minimum atomic E-state index is -0.492. The Bertz CT molecular complexity index is 817. The molecule has 7 nitrogen and oxygen atoms in total. The third-order valence-electron chi connectivity index (χ3n) is 4.13. The molecule has 0 atom stereocenters. The van der Waals surface area contributed by atoms with Crippen LogP contribution in [0.3, 0.4) is 0 Å². The van der Waals surface area contributed by atoms with E-state index in [1.54, 1.807) is 17.3 Å². The summed E-state index contributed by atoms with van der Waals surface area (Å²) >= 11 is 6.00. The van der Waals surface area contributed by atoms with Gasteiger partial charge in [-0.05, 0) is 38.5 Å². The predicted molar refractivity (Wildman–Crippen MR) is 108 cm³/mol. The first kappa shape index (κ1) is 20.2. The minimum Gasteiger partial charge on any atom is -0.472 e. The first-order valence-electron chi connectivity index (χ1n) is 9.22. The van der Waals surface area contributed by atoms with Gasteiger partial charge in [-0.2, -0.15) is 4.98 Å². The molecular weight excluding hydrogens is 380 g/mol. The molecule has 2 heterocycles. The second-order valence-corrected chi connectivity index (χ2v) is 8.02. The number of rotatable bonds is 4. The third-order valence-corrected chi connectivity index (χ3v) is 4.37. The van der Waals surface area contributed by atoms with Gasteiger partial charge in [-0.3, -0.25) is 4.98 Å². The summed E-state index contributed by atoms with van der Waals surface area (Å²) in [6.07, 6.45) is 3.01. The molecule has 1 aliphatic heterocycles. The van der Waals surface area contributed by atoms with E-state index in [1.165, 1.54) is 0 Å². The first-order valence-corrected chi connectivity index (χ1v) is 9.60. The van der Waals surface area contributed by atoms with E-state index >= 15 is 0 Å². The molecule has 3 rings (SSSR count). The van der Waals surface area contributed by atoms with Crippen LogP contribution in [0.5, 0.6) is 5.88 Å². The van der Waals surface area contributed by atoms with Crippen molar-refractivity contribution in [2.45, 2.75) is 33.0 Å². The Balaban J connectivity index is 1.55. The van der Waals surface area contributed by atoms with Crippen molar-refractivity contribution in [2.24, 2.45) is 0 Å². The van der Waals surface area contributed by atoms with E-state index in [-0.39, 0.29) is 6.09 Å². The Morgan fingerprint density at radius 2 is 1.93 bits per heavy atom. The van der Waals surface area contributed by atoms with Crippen LogP contribution in [-0.2, 0) is 11.3 Å². The van der Waals surface area contributed by atoms with Gasteiger partial charge in [-0.15, -0.1) is 0 Å². The summed E-state index contributed by atoms with van der Waals surface area (Å²) in [6, 6.07) is 7.50. The van der Waals surface area contributed by atoms with Gasteiger partial charge in [-0.1, -0.05) is 23.7 Å². The molecule has 1 saturated heterocycles. The molecule has 1 aliphatic rings. The zero-order valence-corrected chi connectivity index (χ0v) is 17.1. The smallest absolute Gasteiger partial charge is 0.410 e. The Morgan fingerprint density at radius 1 is 1.18 bits per heavy atom. The average molecular weight is 405 g/mol. The highest BCUT2D eigenvalue weighted by molar-refractivity contribution is 6.30. The van der Waals surface area contributed by atoms with Crippen LogP contribution in [0.4, 0.5) is 10.6 Å². The summed E-state index contributed by atoms with van der Waals surface area (Å²) in [5, 5.41) is 0.670. The third kappa shape index (κ3) is 5.73. The van der Waals surface area contributed by atoms with Crippen molar-refractivity contribution in [3.63, 3.8) is 0 Å². The van der Waals surface area contributed by atoms with E-state index in [9.17, 15) is 4.79 Å². The summed E-state index contributed by atoms with van der Waals surface area (Å²) < 4.78 is 11.2. The molecule has 0 bridgehead atoms. The molecule has 150 valence electrons. The van der Waals surface area contributed by atoms with Crippen LogP contribution in [-0.4, -0.2) is 52.7 Å². The molecular formula is C20H25ClN4O3. The van der Waals surface area contributed by atoms with E-state index in [0.717, 1.165) is 11.4 Å². The molecule has 2 aromatic rings. The lowest BCUT2D eigenvalue weighted by molar-refractivity contribution is 0.0240. The molecule has 8 heteroatoms. The molecule has 0 unspecified atom stereocenters. The lowest BCUT2D eigenvalue weighted by Gasteiger charge is -2.36. The SMILES string of the molecule is CC(C)(C)OC(=O)N1CCN(c2cncc(OCc3cccc(Cl)c3)n2)CC1. The van der Waals surface area contributed by atoms with Gasteiger partial charge in [-0.25, -0.2) is 4.79 Å². The molecule has 0 spiro atoms. The van der Waals surface area contributed by atoms with Gasteiger partial charge >= 0.3 is 6.09 Å². The first-order chi connectivity index (χ1) is 13.3.